The minimum Gasteiger partial charge on any atom is -0.403 e. The van der Waals surface area contributed by atoms with Gasteiger partial charge in [-0.1, -0.05) is 6.07 Å². The Bertz CT molecular complexity index is 1080. The van der Waals surface area contributed by atoms with Crippen LogP contribution < -0.4 is 15.7 Å². The van der Waals surface area contributed by atoms with Crippen molar-refractivity contribution in [2.24, 2.45) is 0 Å². The predicted octanol–water partition coefficient (Wildman–Crippen LogP) is 1.81. The Labute approximate surface area is 154 Å². The zero-order valence-electron chi connectivity index (χ0n) is 14.3. The van der Waals surface area contributed by atoms with Gasteiger partial charge in [-0.25, -0.2) is 13.9 Å². The summed E-state index contributed by atoms with van der Waals surface area (Å²) in [5.41, 5.74) is -0.141. The highest BCUT2D eigenvalue weighted by atomic mass is 19.4. The van der Waals surface area contributed by atoms with Crippen LogP contribution in [0.1, 0.15) is 18.5 Å². The van der Waals surface area contributed by atoms with Crippen LogP contribution in [0, 0.1) is 5.82 Å². The molecular weight excluding hydrogens is 386 g/mol. The van der Waals surface area contributed by atoms with Crippen LogP contribution in [0.3, 0.4) is 0 Å². The van der Waals surface area contributed by atoms with Crippen molar-refractivity contribution in [3.63, 3.8) is 0 Å². The number of fused-ring (bicyclic) bond motifs is 1. The number of nitrogens with zero attached hydrogens (tertiary/aromatic N) is 4. The summed E-state index contributed by atoms with van der Waals surface area (Å²) in [6.07, 6.45) is -3.62. The number of carbonyl (C=O) groups excluding carboxylic acids is 1. The number of ether oxygens (including phenoxy) is 1. The van der Waals surface area contributed by atoms with Crippen molar-refractivity contribution in [3.8, 4) is 5.75 Å². The van der Waals surface area contributed by atoms with E-state index >= 15 is 0 Å². The Morgan fingerprint density at radius 3 is 2.71 bits per heavy atom. The van der Waals surface area contributed by atoms with Crippen molar-refractivity contribution in [1.29, 1.82) is 0 Å². The molecule has 1 amide bonds. The van der Waals surface area contributed by atoms with Crippen LogP contribution in [0.15, 0.2) is 41.3 Å². The predicted molar refractivity (Wildman–Crippen MR) is 86.9 cm³/mol. The fraction of sp³-hybridized carbons (Fsp3) is 0.250. The number of carbonyl (C=O) groups is 1. The molecule has 0 radical (unpaired) electrons. The summed E-state index contributed by atoms with van der Waals surface area (Å²) in [5.74, 6) is -2.80. The summed E-state index contributed by atoms with van der Waals surface area (Å²) < 4.78 is 55.8. The Kier molecular flexibility index (Phi) is 5.03. The van der Waals surface area contributed by atoms with Crippen molar-refractivity contribution in [3.05, 3.63) is 58.4 Å². The molecule has 0 unspecified atom stereocenters. The zero-order chi connectivity index (χ0) is 20.5. The number of nitrogens with one attached hydrogen (secondary N) is 1. The van der Waals surface area contributed by atoms with E-state index in [-0.39, 0.29) is 11.2 Å². The largest absolute Gasteiger partial charge is 0.573 e. The molecule has 12 heteroatoms. The van der Waals surface area contributed by atoms with E-state index in [2.05, 4.69) is 20.3 Å². The van der Waals surface area contributed by atoms with Crippen LogP contribution in [0.4, 0.5) is 17.6 Å². The summed E-state index contributed by atoms with van der Waals surface area (Å²) in [6, 6.07) is 5.21. The van der Waals surface area contributed by atoms with Gasteiger partial charge in [0.15, 0.2) is 17.2 Å². The van der Waals surface area contributed by atoms with E-state index in [1.165, 1.54) is 19.2 Å². The summed E-state index contributed by atoms with van der Waals surface area (Å²) in [4.78, 5) is 24.2. The van der Waals surface area contributed by atoms with Crippen LogP contribution in [-0.2, 0) is 11.3 Å². The molecule has 3 aromatic rings. The number of benzene rings is 1. The van der Waals surface area contributed by atoms with Crippen molar-refractivity contribution < 1.29 is 27.1 Å². The maximum absolute atomic E-state index is 13.8. The van der Waals surface area contributed by atoms with Gasteiger partial charge in [0.05, 0.1) is 6.04 Å². The third-order valence-electron chi connectivity index (χ3n) is 3.71. The fourth-order valence-corrected chi connectivity index (χ4v) is 2.47. The first-order chi connectivity index (χ1) is 13.1. The summed E-state index contributed by atoms with van der Waals surface area (Å²) in [6.45, 7) is 1.09. The third-order valence-corrected chi connectivity index (χ3v) is 3.71. The molecule has 0 aliphatic heterocycles. The number of hydrogen-bond acceptors (Lipinski definition) is 5. The lowest BCUT2D eigenvalue weighted by atomic mass is 10.1. The molecule has 1 atom stereocenters. The molecule has 8 nitrogen and oxygen atoms in total. The number of halogens is 4. The molecule has 0 aliphatic rings. The number of amides is 1. The number of hydrogen-bond donors (Lipinski definition) is 1. The first kappa shape index (κ1) is 19.3. The highest BCUT2D eigenvalue weighted by Crippen LogP contribution is 2.27. The molecule has 28 heavy (non-hydrogen) atoms. The topological polar surface area (TPSA) is 90.5 Å². The maximum Gasteiger partial charge on any atom is 0.573 e. The molecule has 148 valence electrons. The SMILES string of the molecule is C[C@H](NC(=O)Cn1nc2cccnn2c1=O)c1ccc(OC(F)(F)F)c(F)c1. The Hall–Kier alpha value is -3.44. The smallest absolute Gasteiger partial charge is 0.403 e. The monoisotopic (exact) mass is 399 g/mol. The third kappa shape index (κ3) is 4.27. The van der Waals surface area contributed by atoms with E-state index in [1.54, 1.807) is 12.1 Å². The number of alkyl halides is 3. The Morgan fingerprint density at radius 1 is 1.32 bits per heavy atom. The second kappa shape index (κ2) is 7.29. The van der Waals surface area contributed by atoms with Gasteiger partial charge >= 0.3 is 12.1 Å². The Morgan fingerprint density at radius 2 is 2.07 bits per heavy atom. The van der Waals surface area contributed by atoms with Gasteiger partial charge in [0, 0.05) is 6.20 Å². The summed E-state index contributed by atoms with van der Waals surface area (Å²) in [7, 11) is 0. The van der Waals surface area contributed by atoms with Gasteiger partial charge in [0.2, 0.25) is 5.91 Å². The molecule has 0 bridgehead atoms. The van der Waals surface area contributed by atoms with Crippen molar-refractivity contribution in [2.75, 3.05) is 0 Å². The fourth-order valence-electron chi connectivity index (χ4n) is 2.47. The molecule has 0 saturated carbocycles. The van der Waals surface area contributed by atoms with Gasteiger partial charge in [-0.2, -0.15) is 9.61 Å². The van der Waals surface area contributed by atoms with E-state index in [0.717, 1.165) is 21.3 Å². The van der Waals surface area contributed by atoms with Crippen LogP contribution >= 0.6 is 0 Å². The van der Waals surface area contributed by atoms with Gasteiger partial charge in [-0.05, 0) is 36.8 Å². The van der Waals surface area contributed by atoms with Gasteiger partial charge in [0.1, 0.15) is 6.54 Å². The summed E-state index contributed by atoms with van der Waals surface area (Å²) in [5, 5.41) is 10.3. The summed E-state index contributed by atoms with van der Waals surface area (Å²) >= 11 is 0. The highest BCUT2D eigenvalue weighted by Gasteiger charge is 2.32. The van der Waals surface area contributed by atoms with E-state index in [0.29, 0.717) is 0 Å². The molecule has 1 aromatic carbocycles. The lowest BCUT2D eigenvalue weighted by molar-refractivity contribution is -0.275. The zero-order valence-corrected chi connectivity index (χ0v) is 14.3. The number of rotatable bonds is 5. The quantitative estimate of drug-likeness (QED) is 0.661. The molecule has 2 heterocycles. The van der Waals surface area contributed by atoms with Crippen LogP contribution in [0.25, 0.3) is 5.65 Å². The first-order valence-electron chi connectivity index (χ1n) is 7.89. The normalized spacial score (nSPS) is 12.8. The molecule has 3 rings (SSSR count). The minimum absolute atomic E-state index is 0.212. The maximum atomic E-state index is 13.8. The first-order valence-corrected chi connectivity index (χ1v) is 7.89. The van der Waals surface area contributed by atoms with Crippen LogP contribution in [0.5, 0.6) is 5.75 Å². The molecule has 0 aliphatic carbocycles. The van der Waals surface area contributed by atoms with Crippen molar-refractivity contribution >= 4 is 11.6 Å². The molecule has 2 aromatic heterocycles. The molecule has 0 saturated heterocycles. The van der Waals surface area contributed by atoms with Crippen molar-refractivity contribution in [2.45, 2.75) is 25.9 Å². The van der Waals surface area contributed by atoms with Gasteiger partial charge in [-0.3, -0.25) is 4.79 Å². The lowest BCUT2D eigenvalue weighted by Crippen LogP contribution is -2.34. The van der Waals surface area contributed by atoms with Crippen LogP contribution in [-0.4, -0.2) is 31.7 Å². The minimum atomic E-state index is -5.02. The van der Waals surface area contributed by atoms with Gasteiger partial charge in [-0.15, -0.1) is 18.3 Å². The van der Waals surface area contributed by atoms with E-state index in [1.807, 2.05) is 0 Å². The van der Waals surface area contributed by atoms with Crippen LogP contribution in [0.2, 0.25) is 0 Å². The van der Waals surface area contributed by atoms with E-state index in [9.17, 15) is 27.2 Å². The average molecular weight is 399 g/mol. The highest BCUT2D eigenvalue weighted by molar-refractivity contribution is 5.76. The Balaban J connectivity index is 1.69. The lowest BCUT2D eigenvalue weighted by Gasteiger charge is -2.16. The van der Waals surface area contributed by atoms with Crippen molar-refractivity contribution in [1.82, 2.24) is 24.7 Å². The number of aromatic nitrogens is 4. The van der Waals surface area contributed by atoms with E-state index in [4.69, 9.17) is 0 Å². The second-order valence-corrected chi connectivity index (χ2v) is 5.76. The second-order valence-electron chi connectivity index (χ2n) is 5.76. The molecular formula is C16H13F4N5O3. The molecule has 0 spiro atoms. The molecule has 1 N–H and O–H groups in total. The molecule has 0 fully saturated rings. The van der Waals surface area contributed by atoms with Gasteiger partial charge < -0.3 is 10.1 Å². The van der Waals surface area contributed by atoms with E-state index < -0.39 is 42.1 Å². The standard InChI is InChI=1S/C16H13F4N5O3/c1-9(10-4-5-12(11(17)7-10)28-16(18,19)20)22-14(26)8-24-15(27)25-13(23-24)3-2-6-21-25/h2-7,9H,8H2,1H3,(H,22,26)/t9-/m0/s1. The van der Waals surface area contributed by atoms with Gasteiger partial charge in [0.25, 0.3) is 0 Å². The average Bonchev–Trinajstić information content (AvgIpc) is 2.91.